The van der Waals surface area contributed by atoms with Gasteiger partial charge in [0.15, 0.2) is 0 Å². The number of anilines is 2. The van der Waals surface area contributed by atoms with Crippen molar-refractivity contribution >= 4 is 45.9 Å². The molecule has 122 valence electrons. The van der Waals surface area contributed by atoms with Gasteiger partial charge in [-0.3, -0.25) is 9.78 Å². The number of nitrogens with two attached hydrogens (primary N) is 1. The predicted molar refractivity (Wildman–Crippen MR) is 97.9 cm³/mol. The molecule has 1 aliphatic heterocycles. The topological polar surface area (TPSA) is 97.1 Å². The molecule has 6 heteroatoms. The number of nitrogens with zero attached hydrogens (tertiary/aromatic N) is 1. The third-order valence-electron chi connectivity index (χ3n) is 4.05. The maximum Gasteiger partial charge on any atom is 0.316 e. The second-order valence-corrected chi connectivity index (χ2v) is 5.68. The number of primary amides is 1. The SMILES string of the molecule is NC(=O)Nc1ccc2c(c1)C(=Cc1ccnc3ccccc13)C(=O)N2. The molecule has 0 saturated carbocycles. The minimum absolute atomic E-state index is 0.188. The highest BCUT2D eigenvalue weighted by Gasteiger charge is 2.24. The van der Waals surface area contributed by atoms with Crippen molar-refractivity contribution in [1.82, 2.24) is 4.98 Å². The van der Waals surface area contributed by atoms with Gasteiger partial charge in [0.1, 0.15) is 0 Å². The molecule has 0 radical (unpaired) electrons. The zero-order valence-corrected chi connectivity index (χ0v) is 13.1. The molecule has 0 spiro atoms. The third kappa shape index (κ3) is 2.70. The van der Waals surface area contributed by atoms with Crippen molar-refractivity contribution in [3.8, 4) is 0 Å². The van der Waals surface area contributed by atoms with Crippen LogP contribution in [0.4, 0.5) is 16.2 Å². The first kappa shape index (κ1) is 14.9. The summed E-state index contributed by atoms with van der Waals surface area (Å²) in [4.78, 5) is 27.8. The lowest BCUT2D eigenvalue weighted by Gasteiger charge is -2.05. The van der Waals surface area contributed by atoms with Gasteiger partial charge in [-0.1, -0.05) is 18.2 Å². The summed E-state index contributed by atoms with van der Waals surface area (Å²) >= 11 is 0. The van der Waals surface area contributed by atoms with Crippen LogP contribution in [0.15, 0.2) is 54.7 Å². The van der Waals surface area contributed by atoms with Crippen LogP contribution in [0.3, 0.4) is 0 Å². The fourth-order valence-electron chi connectivity index (χ4n) is 2.95. The Kier molecular flexibility index (Phi) is 3.43. The van der Waals surface area contributed by atoms with Gasteiger partial charge in [-0.05, 0) is 42.0 Å². The van der Waals surface area contributed by atoms with Crippen molar-refractivity contribution in [2.75, 3.05) is 10.6 Å². The van der Waals surface area contributed by atoms with E-state index in [1.165, 1.54) is 0 Å². The lowest BCUT2D eigenvalue weighted by Crippen LogP contribution is -2.19. The van der Waals surface area contributed by atoms with Crippen molar-refractivity contribution in [1.29, 1.82) is 0 Å². The summed E-state index contributed by atoms with van der Waals surface area (Å²) in [5.74, 6) is -0.188. The van der Waals surface area contributed by atoms with Crippen molar-refractivity contribution < 1.29 is 9.59 Å². The summed E-state index contributed by atoms with van der Waals surface area (Å²) in [6, 6.07) is 14.1. The molecule has 0 bridgehead atoms. The van der Waals surface area contributed by atoms with Crippen molar-refractivity contribution in [3.63, 3.8) is 0 Å². The fraction of sp³-hybridized carbons (Fsp3) is 0. The van der Waals surface area contributed by atoms with Crippen molar-refractivity contribution in [2.45, 2.75) is 0 Å². The third-order valence-corrected chi connectivity index (χ3v) is 4.05. The van der Waals surface area contributed by atoms with Gasteiger partial charge in [-0.15, -0.1) is 0 Å². The highest BCUT2D eigenvalue weighted by Crippen LogP contribution is 2.35. The van der Waals surface area contributed by atoms with Gasteiger partial charge in [0.2, 0.25) is 0 Å². The van der Waals surface area contributed by atoms with E-state index in [0.717, 1.165) is 22.0 Å². The predicted octanol–water partition coefficient (Wildman–Crippen LogP) is 3.22. The van der Waals surface area contributed by atoms with E-state index in [1.54, 1.807) is 24.4 Å². The second kappa shape index (κ2) is 5.76. The van der Waals surface area contributed by atoms with Gasteiger partial charge in [0, 0.05) is 34.1 Å². The maximum atomic E-state index is 12.4. The summed E-state index contributed by atoms with van der Waals surface area (Å²) in [5, 5.41) is 6.32. The lowest BCUT2D eigenvalue weighted by atomic mass is 10.0. The first-order chi connectivity index (χ1) is 12.1. The van der Waals surface area contributed by atoms with E-state index < -0.39 is 6.03 Å². The molecule has 1 aliphatic rings. The monoisotopic (exact) mass is 330 g/mol. The zero-order valence-electron chi connectivity index (χ0n) is 13.1. The van der Waals surface area contributed by atoms with Crippen LogP contribution in [-0.4, -0.2) is 16.9 Å². The molecule has 6 nitrogen and oxygen atoms in total. The van der Waals surface area contributed by atoms with E-state index in [9.17, 15) is 9.59 Å². The summed E-state index contributed by atoms with van der Waals surface area (Å²) in [7, 11) is 0. The molecule has 0 saturated heterocycles. The molecular formula is C19H14N4O2. The highest BCUT2D eigenvalue weighted by atomic mass is 16.2. The number of aromatic nitrogens is 1. The first-order valence-electron chi connectivity index (χ1n) is 7.69. The molecule has 25 heavy (non-hydrogen) atoms. The number of carbonyl (C=O) groups is 2. The van der Waals surface area contributed by atoms with E-state index in [-0.39, 0.29) is 5.91 Å². The average molecular weight is 330 g/mol. The fourth-order valence-corrected chi connectivity index (χ4v) is 2.95. The normalized spacial score (nSPS) is 14.4. The van der Waals surface area contributed by atoms with Gasteiger partial charge < -0.3 is 16.4 Å². The van der Waals surface area contributed by atoms with E-state index in [2.05, 4.69) is 15.6 Å². The minimum Gasteiger partial charge on any atom is -0.351 e. The number of hydrogen-bond donors (Lipinski definition) is 3. The number of rotatable bonds is 2. The Labute approximate surface area is 143 Å². The summed E-state index contributed by atoms with van der Waals surface area (Å²) in [6.07, 6.45) is 3.55. The van der Waals surface area contributed by atoms with E-state index in [0.29, 0.717) is 16.9 Å². The summed E-state index contributed by atoms with van der Waals surface area (Å²) in [6.45, 7) is 0. The van der Waals surface area contributed by atoms with Crippen molar-refractivity contribution in [2.24, 2.45) is 5.73 Å². The number of urea groups is 1. The molecule has 4 rings (SSSR count). The Hall–Kier alpha value is -3.67. The smallest absolute Gasteiger partial charge is 0.316 e. The van der Waals surface area contributed by atoms with Crippen LogP contribution in [0.25, 0.3) is 22.6 Å². The van der Waals surface area contributed by atoms with Crippen LogP contribution in [0.2, 0.25) is 0 Å². The van der Waals surface area contributed by atoms with Crippen LogP contribution in [0.5, 0.6) is 0 Å². The number of para-hydroxylation sites is 1. The Balaban J connectivity index is 1.85. The molecule has 3 amide bonds. The van der Waals surface area contributed by atoms with Gasteiger partial charge in [-0.25, -0.2) is 4.79 Å². The minimum atomic E-state index is -0.650. The Morgan fingerprint density at radius 1 is 1.16 bits per heavy atom. The average Bonchev–Trinajstić information content (AvgIpc) is 2.90. The van der Waals surface area contributed by atoms with Gasteiger partial charge in [-0.2, -0.15) is 0 Å². The van der Waals surface area contributed by atoms with Gasteiger partial charge in [0.25, 0.3) is 5.91 Å². The Morgan fingerprint density at radius 3 is 2.84 bits per heavy atom. The zero-order chi connectivity index (χ0) is 17.4. The quantitative estimate of drug-likeness (QED) is 0.629. The highest BCUT2D eigenvalue weighted by molar-refractivity contribution is 6.35. The van der Waals surface area contributed by atoms with E-state index in [1.807, 2.05) is 36.4 Å². The Bertz CT molecular complexity index is 1050. The van der Waals surface area contributed by atoms with E-state index in [4.69, 9.17) is 5.73 Å². The molecule has 1 aromatic heterocycles. The summed E-state index contributed by atoms with van der Waals surface area (Å²) in [5.41, 5.74) is 9.40. The van der Waals surface area contributed by atoms with Crippen molar-refractivity contribution in [3.05, 3.63) is 65.9 Å². The largest absolute Gasteiger partial charge is 0.351 e. The molecule has 3 aromatic rings. The molecule has 0 aliphatic carbocycles. The van der Waals surface area contributed by atoms with Crippen LogP contribution >= 0.6 is 0 Å². The summed E-state index contributed by atoms with van der Waals surface area (Å²) < 4.78 is 0. The molecule has 4 N–H and O–H groups in total. The number of amides is 3. The number of nitrogens with one attached hydrogen (secondary N) is 2. The number of pyridine rings is 1. The second-order valence-electron chi connectivity index (χ2n) is 5.68. The van der Waals surface area contributed by atoms with Crippen LogP contribution < -0.4 is 16.4 Å². The number of benzene rings is 2. The molecule has 2 aromatic carbocycles. The Morgan fingerprint density at radius 2 is 2.00 bits per heavy atom. The van der Waals surface area contributed by atoms with E-state index >= 15 is 0 Å². The molecule has 0 fully saturated rings. The number of carbonyl (C=O) groups excluding carboxylic acids is 2. The molecule has 0 unspecified atom stereocenters. The number of fused-ring (bicyclic) bond motifs is 2. The first-order valence-corrected chi connectivity index (χ1v) is 7.69. The molecular weight excluding hydrogens is 316 g/mol. The maximum absolute atomic E-state index is 12.4. The van der Waals surface area contributed by atoms with Gasteiger partial charge >= 0.3 is 6.03 Å². The standard InChI is InChI=1S/C19H14N4O2/c20-19(25)22-12-5-6-17-14(10-12)15(18(24)23-17)9-11-7-8-21-16-4-2-1-3-13(11)16/h1-10H,(H,23,24)(H3,20,22,25). The van der Waals surface area contributed by atoms with Gasteiger partial charge in [0.05, 0.1) is 5.52 Å². The van der Waals surface area contributed by atoms with Crippen LogP contribution in [-0.2, 0) is 4.79 Å². The molecule has 0 atom stereocenters. The van der Waals surface area contributed by atoms with Crippen LogP contribution in [0.1, 0.15) is 11.1 Å². The van der Waals surface area contributed by atoms with Crippen LogP contribution in [0, 0.1) is 0 Å². The molecule has 2 heterocycles. The lowest BCUT2D eigenvalue weighted by molar-refractivity contribution is -0.110. The number of hydrogen-bond acceptors (Lipinski definition) is 3.